The number of aryl methyl sites for hydroxylation is 1. The average molecular weight is 218 g/mol. The molecule has 0 spiro atoms. The van der Waals surface area contributed by atoms with Gasteiger partial charge in [0.25, 0.3) is 0 Å². The lowest BCUT2D eigenvalue weighted by atomic mass is 10.0. The zero-order valence-corrected chi connectivity index (χ0v) is 10.0. The normalized spacial score (nSPS) is 26.4. The van der Waals surface area contributed by atoms with Crippen molar-refractivity contribution in [3.63, 3.8) is 0 Å². The number of carboxylic acid groups (broad SMARTS) is 1. The van der Waals surface area contributed by atoms with Gasteiger partial charge in [0.15, 0.2) is 0 Å². The number of carbonyl (C=O) groups is 1. The van der Waals surface area contributed by atoms with E-state index in [1.807, 2.05) is 13.8 Å². The Bertz CT molecular complexity index is 403. The van der Waals surface area contributed by atoms with Gasteiger partial charge < -0.3 is 5.11 Å². The van der Waals surface area contributed by atoms with E-state index in [-0.39, 0.29) is 17.3 Å². The van der Waals surface area contributed by atoms with Gasteiger partial charge in [-0.15, -0.1) is 0 Å². The topological polar surface area (TPSA) is 37.3 Å². The standard InChI is InChI=1S/C14H18O2/c1-4-9-5-7-10(8-6-9)11-12(13(15)16)14(11,2)3/h5-8,11-12H,4H2,1-3H3,(H,15,16)/t11-,12+/m1/s1. The summed E-state index contributed by atoms with van der Waals surface area (Å²) in [6, 6.07) is 8.35. The van der Waals surface area contributed by atoms with E-state index in [4.69, 9.17) is 5.11 Å². The summed E-state index contributed by atoms with van der Waals surface area (Å²) in [7, 11) is 0. The minimum atomic E-state index is -0.672. The monoisotopic (exact) mass is 218 g/mol. The molecule has 1 fully saturated rings. The summed E-state index contributed by atoms with van der Waals surface area (Å²) in [5.41, 5.74) is 2.36. The number of hydrogen-bond donors (Lipinski definition) is 1. The highest BCUT2D eigenvalue weighted by Gasteiger charge is 2.62. The van der Waals surface area contributed by atoms with Crippen molar-refractivity contribution in [1.29, 1.82) is 0 Å². The fourth-order valence-corrected chi connectivity index (χ4v) is 2.68. The second kappa shape index (κ2) is 3.62. The van der Waals surface area contributed by atoms with Gasteiger partial charge in [-0.2, -0.15) is 0 Å². The maximum Gasteiger partial charge on any atom is 0.307 e. The SMILES string of the molecule is CCc1ccc([C@@H]2[C@@H](C(=O)O)C2(C)C)cc1. The van der Waals surface area contributed by atoms with E-state index in [0.29, 0.717) is 0 Å². The molecule has 2 nitrogen and oxygen atoms in total. The fraction of sp³-hybridized carbons (Fsp3) is 0.500. The molecule has 1 aliphatic rings. The number of aliphatic carboxylic acids is 1. The van der Waals surface area contributed by atoms with Crippen LogP contribution in [-0.2, 0) is 11.2 Å². The Morgan fingerprint density at radius 3 is 2.25 bits per heavy atom. The summed E-state index contributed by atoms with van der Waals surface area (Å²) in [6.07, 6.45) is 1.02. The molecule has 2 heteroatoms. The van der Waals surface area contributed by atoms with Crippen molar-refractivity contribution in [3.8, 4) is 0 Å². The van der Waals surface area contributed by atoms with Crippen LogP contribution < -0.4 is 0 Å². The third-order valence-electron chi connectivity index (χ3n) is 3.84. The Kier molecular flexibility index (Phi) is 2.53. The molecule has 2 rings (SSSR count). The predicted molar refractivity (Wildman–Crippen MR) is 63.5 cm³/mol. The molecule has 86 valence electrons. The maximum atomic E-state index is 11.1. The van der Waals surface area contributed by atoms with Crippen molar-refractivity contribution < 1.29 is 9.90 Å². The molecule has 2 atom stereocenters. The molecule has 1 aromatic carbocycles. The molecule has 0 heterocycles. The molecule has 16 heavy (non-hydrogen) atoms. The van der Waals surface area contributed by atoms with Gasteiger partial charge in [-0.3, -0.25) is 4.79 Å². The van der Waals surface area contributed by atoms with Gasteiger partial charge in [0.1, 0.15) is 0 Å². The first-order chi connectivity index (χ1) is 7.48. The van der Waals surface area contributed by atoms with Crippen LogP contribution in [0.15, 0.2) is 24.3 Å². The average Bonchev–Trinajstić information content (AvgIpc) is 2.82. The zero-order valence-electron chi connectivity index (χ0n) is 10.0. The van der Waals surface area contributed by atoms with E-state index in [0.717, 1.165) is 12.0 Å². The maximum absolute atomic E-state index is 11.1. The summed E-state index contributed by atoms with van der Waals surface area (Å²) in [6.45, 7) is 6.19. The highest BCUT2D eigenvalue weighted by molar-refractivity contribution is 5.77. The van der Waals surface area contributed by atoms with E-state index >= 15 is 0 Å². The fourth-order valence-electron chi connectivity index (χ4n) is 2.68. The number of carboxylic acids is 1. The Morgan fingerprint density at radius 2 is 1.88 bits per heavy atom. The third-order valence-corrected chi connectivity index (χ3v) is 3.84. The first-order valence-electron chi connectivity index (χ1n) is 5.80. The van der Waals surface area contributed by atoms with Crippen LogP contribution in [0.25, 0.3) is 0 Å². The van der Waals surface area contributed by atoms with Crippen molar-refractivity contribution in [1.82, 2.24) is 0 Å². The Labute approximate surface area is 96.3 Å². The number of benzene rings is 1. The van der Waals surface area contributed by atoms with E-state index in [1.54, 1.807) is 0 Å². The van der Waals surface area contributed by atoms with Crippen LogP contribution in [0.5, 0.6) is 0 Å². The molecule has 1 N–H and O–H groups in total. The Morgan fingerprint density at radius 1 is 1.31 bits per heavy atom. The second-order valence-corrected chi connectivity index (χ2v) is 5.21. The van der Waals surface area contributed by atoms with Crippen molar-refractivity contribution in [2.24, 2.45) is 11.3 Å². The lowest BCUT2D eigenvalue weighted by Gasteiger charge is -2.03. The van der Waals surface area contributed by atoms with Crippen LogP contribution in [0.4, 0.5) is 0 Å². The predicted octanol–water partition coefficient (Wildman–Crippen LogP) is 3.07. The van der Waals surface area contributed by atoms with E-state index in [2.05, 4.69) is 31.2 Å². The molecular formula is C14H18O2. The van der Waals surface area contributed by atoms with Gasteiger partial charge in [-0.1, -0.05) is 45.0 Å². The quantitative estimate of drug-likeness (QED) is 0.846. The molecule has 0 aliphatic heterocycles. The highest BCUT2D eigenvalue weighted by atomic mass is 16.4. The highest BCUT2D eigenvalue weighted by Crippen LogP contribution is 2.64. The Hall–Kier alpha value is -1.31. The van der Waals surface area contributed by atoms with Gasteiger partial charge in [0.05, 0.1) is 5.92 Å². The van der Waals surface area contributed by atoms with Gasteiger partial charge in [-0.05, 0) is 23.0 Å². The minimum absolute atomic E-state index is 0.0977. The third kappa shape index (κ3) is 1.62. The molecular weight excluding hydrogens is 200 g/mol. The smallest absolute Gasteiger partial charge is 0.307 e. The van der Waals surface area contributed by atoms with E-state index < -0.39 is 5.97 Å². The second-order valence-electron chi connectivity index (χ2n) is 5.21. The molecule has 0 radical (unpaired) electrons. The number of rotatable bonds is 3. The van der Waals surface area contributed by atoms with Crippen LogP contribution in [0, 0.1) is 11.3 Å². The minimum Gasteiger partial charge on any atom is -0.481 e. The van der Waals surface area contributed by atoms with Crippen LogP contribution >= 0.6 is 0 Å². The van der Waals surface area contributed by atoms with Crippen molar-refractivity contribution >= 4 is 5.97 Å². The first-order valence-corrected chi connectivity index (χ1v) is 5.80. The molecule has 0 unspecified atom stereocenters. The summed E-state index contributed by atoms with van der Waals surface area (Å²) in [5, 5.41) is 9.12. The van der Waals surface area contributed by atoms with Gasteiger partial charge in [0, 0.05) is 5.92 Å². The number of hydrogen-bond acceptors (Lipinski definition) is 1. The van der Waals surface area contributed by atoms with E-state index in [1.165, 1.54) is 5.56 Å². The molecule has 0 bridgehead atoms. The first kappa shape index (κ1) is 11.2. The zero-order chi connectivity index (χ0) is 11.9. The van der Waals surface area contributed by atoms with Gasteiger partial charge in [0.2, 0.25) is 0 Å². The summed E-state index contributed by atoms with van der Waals surface area (Å²) < 4.78 is 0. The molecule has 1 aromatic rings. The van der Waals surface area contributed by atoms with Crippen molar-refractivity contribution in [3.05, 3.63) is 35.4 Å². The summed E-state index contributed by atoms with van der Waals surface area (Å²) in [4.78, 5) is 11.1. The summed E-state index contributed by atoms with van der Waals surface area (Å²) >= 11 is 0. The van der Waals surface area contributed by atoms with E-state index in [9.17, 15) is 4.79 Å². The molecule has 0 aromatic heterocycles. The lowest BCUT2D eigenvalue weighted by Crippen LogP contribution is -2.03. The molecule has 1 saturated carbocycles. The van der Waals surface area contributed by atoms with Crippen LogP contribution in [0.3, 0.4) is 0 Å². The molecule has 1 aliphatic carbocycles. The lowest BCUT2D eigenvalue weighted by molar-refractivity contribution is -0.139. The van der Waals surface area contributed by atoms with Crippen molar-refractivity contribution in [2.75, 3.05) is 0 Å². The molecule has 0 saturated heterocycles. The van der Waals surface area contributed by atoms with Crippen LogP contribution in [0.1, 0.15) is 37.8 Å². The molecule has 0 amide bonds. The largest absolute Gasteiger partial charge is 0.481 e. The van der Waals surface area contributed by atoms with Gasteiger partial charge in [-0.25, -0.2) is 0 Å². The Balaban J connectivity index is 2.23. The van der Waals surface area contributed by atoms with Crippen LogP contribution in [0.2, 0.25) is 0 Å². The van der Waals surface area contributed by atoms with Crippen molar-refractivity contribution in [2.45, 2.75) is 33.1 Å². The van der Waals surface area contributed by atoms with Crippen LogP contribution in [-0.4, -0.2) is 11.1 Å². The summed E-state index contributed by atoms with van der Waals surface area (Å²) in [5.74, 6) is -0.717. The van der Waals surface area contributed by atoms with Gasteiger partial charge >= 0.3 is 5.97 Å².